The molecule has 1 saturated heterocycles. The fourth-order valence-corrected chi connectivity index (χ4v) is 4.16. The van der Waals surface area contributed by atoms with E-state index in [4.69, 9.17) is 4.74 Å². The topological polar surface area (TPSA) is 46.6 Å². The number of morpholine rings is 1. The summed E-state index contributed by atoms with van der Waals surface area (Å²) in [5.41, 5.74) is 0.992. The lowest BCUT2D eigenvalue weighted by molar-refractivity contribution is -0.00258. The molecule has 0 radical (unpaired) electrons. The summed E-state index contributed by atoms with van der Waals surface area (Å²) in [6, 6.07) is 9.54. The molecule has 1 atom stereocenters. The summed E-state index contributed by atoms with van der Waals surface area (Å²) in [5.74, 6) is -0.805. The van der Waals surface area contributed by atoms with Crippen LogP contribution in [-0.4, -0.2) is 32.4 Å². The number of hydrogen-bond acceptors (Lipinski definition) is 3. The smallest absolute Gasteiger partial charge is 0.243 e. The largest absolute Gasteiger partial charge is 0.371 e. The maximum absolute atomic E-state index is 13.4. The number of halogens is 2. The van der Waals surface area contributed by atoms with Crippen LogP contribution in [0.1, 0.15) is 17.2 Å². The first-order chi connectivity index (χ1) is 11.4. The second-order valence-corrected chi connectivity index (χ2v) is 7.62. The molecule has 1 fully saturated rings. The first-order valence-corrected chi connectivity index (χ1v) is 8.95. The third-order valence-electron chi connectivity index (χ3n) is 4.04. The van der Waals surface area contributed by atoms with Gasteiger partial charge in [0.25, 0.3) is 0 Å². The molecule has 24 heavy (non-hydrogen) atoms. The monoisotopic (exact) mass is 353 g/mol. The number of hydrogen-bond donors (Lipinski definition) is 0. The highest BCUT2D eigenvalue weighted by Gasteiger charge is 2.31. The fourth-order valence-electron chi connectivity index (χ4n) is 2.65. The van der Waals surface area contributed by atoms with Gasteiger partial charge in [-0.1, -0.05) is 12.1 Å². The normalized spacial score (nSPS) is 19.4. The van der Waals surface area contributed by atoms with Crippen LogP contribution in [0.15, 0.2) is 47.4 Å². The lowest BCUT2D eigenvalue weighted by Gasteiger charge is -2.32. The first-order valence-electron chi connectivity index (χ1n) is 7.51. The molecular weight excluding hydrogens is 336 g/mol. The first kappa shape index (κ1) is 17.0. The van der Waals surface area contributed by atoms with Gasteiger partial charge in [0.2, 0.25) is 10.0 Å². The Balaban J connectivity index is 1.85. The van der Waals surface area contributed by atoms with E-state index in [0.29, 0.717) is 5.56 Å². The second-order valence-electron chi connectivity index (χ2n) is 5.69. The number of aryl methyl sites for hydroxylation is 1. The lowest BCUT2D eigenvalue weighted by Crippen LogP contribution is -2.42. The summed E-state index contributed by atoms with van der Waals surface area (Å²) < 4.78 is 58.9. The summed E-state index contributed by atoms with van der Waals surface area (Å²) in [4.78, 5) is 0.0566. The summed E-state index contributed by atoms with van der Waals surface area (Å²) in [6.07, 6.45) is -0.462. The van der Waals surface area contributed by atoms with E-state index in [-0.39, 0.29) is 36.0 Å². The standard InChI is InChI=1S/C17H17F2NO3S/c1-12-10-15(6-7-16(12)19)24(21,22)20-8-9-23-17(11-20)13-2-4-14(18)5-3-13/h2-7,10,17H,8-9,11H2,1H3. The highest BCUT2D eigenvalue weighted by atomic mass is 32.2. The molecule has 0 saturated carbocycles. The van der Waals surface area contributed by atoms with Crippen molar-refractivity contribution in [3.05, 3.63) is 65.2 Å². The Hall–Kier alpha value is -1.83. The number of sulfonamides is 1. The number of ether oxygens (including phenoxy) is 1. The van der Waals surface area contributed by atoms with Crippen molar-refractivity contribution in [1.29, 1.82) is 0 Å². The van der Waals surface area contributed by atoms with Crippen molar-refractivity contribution in [3.63, 3.8) is 0 Å². The molecule has 4 nitrogen and oxygen atoms in total. The number of benzene rings is 2. The molecule has 128 valence electrons. The van der Waals surface area contributed by atoms with E-state index in [1.54, 1.807) is 12.1 Å². The van der Waals surface area contributed by atoms with Gasteiger partial charge in [-0.25, -0.2) is 17.2 Å². The Morgan fingerprint density at radius 1 is 1.12 bits per heavy atom. The van der Waals surface area contributed by atoms with Crippen LogP contribution in [0, 0.1) is 18.6 Å². The molecule has 0 bridgehead atoms. The Morgan fingerprint density at radius 2 is 1.83 bits per heavy atom. The molecule has 0 N–H and O–H groups in total. The quantitative estimate of drug-likeness (QED) is 0.852. The minimum Gasteiger partial charge on any atom is -0.371 e. The third-order valence-corrected chi connectivity index (χ3v) is 5.90. The fraction of sp³-hybridized carbons (Fsp3) is 0.294. The Morgan fingerprint density at radius 3 is 2.50 bits per heavy atom. The molecule has 3 rings (SSSR count). The summed E-state index contributed by atoms with van der Waals surface area (Å²) >= 11 is 0. The zero-order chi connectivity index (χ0) is 17.3. The van der Waals surface area contributed by atoms with E-state index < -0.39 is 21.9 Å². The average Bonchev–Trinajstić information content (AvgIpc) is 2.58. The van der Waals surface area contributed by atoms with Crippen molar-refractivity contribution in [3.8, 4) is 0 Å². The van der Waals surface area contributed by atoms with E-state index in [1.165, 1.54) is 35.5 Å². The van der Waals surface area contributed by atoms with Crippen molar-refractivity contribution in [2.75, 3.05) is 19.7 Å². The molecule has 1 unspecified atom stereocenters. The number of rotatable bonds is 3. The van der Waals surface area contributed by atoms with E-state index in [9.17, 15) is 17.2 Å². The van der Waals surface area contributed by atoms with Crippen LogP contribution in [0.4, 0.5) is 8.78 Å². The van der Waals surface area contributed by atoms with Crippen molar-refractivity contribution in [2.24, 2.45) is 0 Å². The summed E-state index contributed by atoms with van der Waals surface area (Å²) in [6.45, 7) is 2.11. The van der Waals surface area contributed by atoms with Crippen LogP contribution >= 0.6 is 0 Å². The van der Waals surface area contributed by atoms with Crippen LogP contribution in [0.3, 0.4) is 0 Å². The zero-order valence-electron chi connectivity index (χ0n) is 13.1. The molecular formula is C17H17F2NO3S. The number of nitrogens with zero attached hydrogens (tertiary/aromatic N) is 1. The van der Waals surface area contributed by atoms with Gasteiger partial charge in [-0.15, -0.1) is 0 Å². The van der Waals surface area contributed by atoms with Gasteiger partial charge >= 0.3 is 0 Å². The highest BCUT2D eigenvalue weighted by molar-refractivity contribution is 7.89. The SMILES string of the molecule is Cc1cc(S(=O)(=O)N2CCOC(c3ccc(F)cc3)C2)ccc1F. The van der Waals surface area contributed by atoms with E-state index in [1.807, 2.05) is 0 Å². The van der Waals surface area contributed by atoms with Crippen LogP contribution in [0.2, 0.25) is 0 Å². The highest BCUT2D eigenvalue weighted by Crippen LogP contribution is 2.27. The van der Waals surface area contributed by atoms with E-state index in [0.717, 1.165) is 6.07 Å². The summed E-state index contributed by atoms with van der Waals surface area (Å²) in [7, 11) is -3.74. The molecule has 1 aliphatic heterocycles. The predicted octanol–water partition coefficient (Wildman–Crippen LogP) is 3.04. The molecule has 2 aromatic rings. The molecule has 1 aliphatic rings. The Kier molecular flexibility index (Phi) is 4.67. The molecule has 0 aromatic heterocycles. The van der Waals surface area contributed by atoms with Gasteiger partial charge in [-0.2, -0.15) is 4.31 Å². The van der Waals surface area contributed by atoms with E-state index >= 15 is 0 Å². The van der Waals surface area contributed by atoms with Crippen LogP contribution < -0.4 is 0 Å². The van der Waals surface area contributed by atoms with Crippen LogP contribution in [0.5, 0.6) is 0 Å². The van der Waals surface area contributed by atoms with E-state index in [2.05, 4.69) is 0 Å². The Labute approximate surface area is 139 Å². The molecule has 2 aromatic carbocycles. The molecule has 1 heterocycles. The van der Waals surface area contributed by atoms with Crippen LogP contribution in [-0.2, 0) is 14.8 Å². The van der Waals surface area contributed by atoms with Gasteiger partial charge in [0.15, 0.2) is 0 Å². The molecule has 7 heteroatoms. The molecule has 0 spiro atoms. The lowest BCUT2D eigenvalue weighted by atomic mass is 10.1. The van der Waals surface area contributed by atoms with Crippen molar-refractivity contribution >= 4 is 10.0 Å². The van der Waals surface area contributed by atoms with Gasteiger partial charge in [-0.3, -0.25) is 0 Å². The molecule has 0 amide bonds. The summed E-state index contributed by atoms with van der Waals surface area (Å²) in [5, 5.41) is 0. The van der Waals surface area contributed by atoms with Crippen LogP contribution in [0.25, 0.3) is 0 Å². The molecule has 0 aliphatic carbocycles. The van der Waals surface area contributed by atoms with Gasteiger partial charge in [0.1, 0.15) is 11.6 Å². The predicted molar refractivity (Wildman–Crippen MR) is 85.0 cm³/mol. The second kappa shape index (κ2) is 6.58. The minimum atomic E-state index is -3.74. The van der Waals surface area contributed by atoms with Crippen molar-refractivity contribution < 1.29 is 21.9 Å². The van der Waals surface area contributed by atoms with Crippen molar-refractivity contribution in [2.45, 2.75) is 17.9 Å². The maximum Gasteiger partial charge on any atom is 0.243 e. The van der Waals surface area contributed by atoms with Crippen molar-refractivity contribution in [1.82, 2.24) is 4.31 Å². The maximum atomic E-state index is 13.4. The Bertz CT molecular complexity index is 837. The zero-order valence-corrected chi connectivity index (χ0v) is 13.9. The van der Waals surface area contributed by atoms with Gasteiger partial charge in [0, 0.05) is 13.1 Å². The van der Waals surface area contributed by atoms with Gasteiger partial charge in [-0.05, 0) is 48.4 Å². The van der Waals surface area contributed by atoms with Gasteiger partial charge in [0.05, 0.1) is 17.6 Å². The van der Waals surface area contributed by atoms with Gasteiger partial charge < -0.3 is 4.74 Å². The third kappa shape index (κ3) is 3.33. The minimum absolute atomic E-state index is 0.0566. The average molecular weight is 353 g/mol.